The first-order valence-electron chi connectivity index (χ1n) is 8.19. The molecule has 0 aliphatic rings. The number of anilines is 1. The van der Waals surface area contributed by atoms with Gasteiger partial charge in [-0.2, -0.15) is 0 Å². The molecule has 2 heterocycles. The zero-order chi connectivity index (χ0) is 20.3. The average molecular weight is 398 g/mol. The molecule has 0 saturated heterocycles. The van der Waals surface area contributed by atoms with E-state index in [9.17, 15) is 4.79 Å². The minimum absolute atomic E-state index is 0.0517. The van der Waals surface area contributed by atoms with E-state index in [1.165, 1.54) is 18.0 Å². The molecule has 3 rings (SSSR count). The molecule has 3 aromatic rings. The normalized spacial score (nSPS) is 10.4. The van der Waals surface area contributed by atoms with Crippen molar-refractivity contribution in [2.24, 2.45) is 5.73 Å². The third kappa shape index (κ3) is 3.79. The molecule has 0 bridgehead atoms. The number of pyridine rings is 2. The van der Waals surface area contributed by atoms with Crippen LogP contribution in [0.3, 0.4) is 0 Å². The van der Waals surface area contributed by atoms with Crippen molar-refractivity contribution in [2.75, 3.05) is 19.1 Å². The fraction of sp³-hybridized carbons (Fsp3) is 0.158. The molecule has 1 amide bonds. The molecular weight excluding hydrogens is 380 g/mol. The smallest absolute Gasteiger partial charge is 0.230 e. The van der Waals surface area contributed by atoms with Crippen molar-refractivity contribution >= 4 is 39.8 Å². The number of hydrogen-bond donors (Lipinski definition) is 1. The number of carbonyl (C=O) groups is 1. The topological polar surface area (TPSA) is 99.8 Å². The molecule has 0 radical (unpaired) electrons. The van der Waals surface area contributed by atoms with Gasteiger partial charge in [-0.1, -0.05) is 0 Å². The molecule has 144 valence electrons. The predicted molar refractivity (Wildman–Crippen MR) is 109 cm³/mol. The Balaban J connectivity index is 1.94. The fourth-order valence-corrected chi connectivity index (χ4v) is 2.91. The number of nitrogens with zero attached hydrogens (tertiary/aromatic N) is 3. The van der Waals surface area contributed by atoms with E-state index in [-0.39, 0.29) is 11.0 Å². The van der Waals surface area contributed by atoms with Crippen LogP contribution in [0, 0.1) is 0 Å². The second-order valence-corrected chi connectivity index (χ2v) is 6.10. The summed E-state index contributed by atoms with van der Waals surface area (Å²) in [5.41, 5.74) is 6.73. The molecule has 28 heavy (non-hydrogen) atoms. The number of methoxy groups -OCH3 is 2. The van der Waals surface area contributed by atoms with E-state index in [0.29, 0.717) is 34.3 Å². The predicted octanol–water partition coefficient (Wildman–Crippen LogP) is 3.04. The number of amides is 1. The Bertz CT molecular complexity index is 1030. The fourth-order valence-electron chi connectivity index (χ4n) is 2.68. The van der Waals surface area contributed by atoms with Crippen molar-refractivity contribution in [2.45, 2.75) is 6.92 Å². The number of thiocarbonyl (C=S) groups is 1. The quantitative estimate of drug-likeness (QED) is 0.655. The molecule has 2 N–H and O–H groups in total. The Morgan fingerprint density at radius 3 is 2.36 bits per heavy atom. The van der Waals surface area contributed by atoms with E-state index in [1.807, 2.05) is 0 Å². The molecule has 9 heteroatoms. The molecule has 0 unspecified atom stereocenters. The van der Waals surface area contributed by atoms with Gasteiger partial charge in [0.2, 0.25) is 11.8 Å². The summed E-state index contributed by atoms with van der Waals surface area (Å²) in [4.78, 5) is 21.4. The van der Waals surface area contributed by atoms with Gasteiger partial charge in [0.05, 0.1) is 31.6 Å². The highest BCUT2D eigenvalue weighted by Gasteiger charge is 2.15. The SMILES string of the molecule is COc1cc2nccc(Oc3ccc(N(C(C)=O)C(N)=S)cn3)c2cc1OC. The van der Waals surface area contributed by atoms with Crippen LogP contribution < -0.4 is 24.8 Å². The van der Waals surface area contributed by atoms with Crippen LogP contribution in [0.25, 0.3) is 10.9 Å². The van der Waals surface area contributed by atoms with E-state index in [0.717, 1.165) is 5.39 Å². The third-order valence-electron chi connectivity index (χ3n) is 3.94. The first-order valence-corrected chi connectivity index (χ1v) is 8.60. The summed E-state index contributed by atoms with van der Waals surface area (Å²) >= 11 is 4.90. The summed E-state index contributed by atoms with van der Waals surface area (Å²) in [6.45, 7) is 1.37. The zero-order valence-corrected chi connectivity index (χ0v) is 16.3. The molecule has 0 aliphatic heterocycles. The summed E-state index contributed by atoms with van der Waals surface area (Å²) in [6.07, 6.45) is 3.09. The molecular formula is C19H18N4O4S. The van der Waals surface area contributed by atoms with Gasteiger partial charge in [-0.3, -0.25) is 14.7 Å². The molecule has 8 nitrogen and oxygen atoms in total. The second kappa shape index (κ2) is 8.05. The van der Waals surface area contributed by atoms with Gasteiger partial charge in [-0.15, -0.1) is 0 Å². The zero-order valence-electron chi connectivity index (χ0n) is 15.5. The number of hydrogen-bond acceptors (Lipinski definition) is 7. The third-order valence-corrected chi connectivity index (χ3v) is 4.12. The van der Waals surface area contributed by atoms with Crippen LogP contribution in [-0.4, -0.2) is 35.2 Å². The number of ether oxygens (including phenoxy) is 3. The highest BCUT2D eigenvalue weighted by atomic mass is 32.1. The number of rotatable bonds is 5. The number of benzene rings is 1. The molecule has 0 aliphatic carbocycles. The summed E-state index contributed by atoms with van der Waals surface area (Å²) in [5.74, 6) is 1.71. The highest BCUT2D eigenvalue weighted by Crippen LogP contribution is 2.36. The van der Waals surface area contributed by atoms with E-state index in [4.69, 9.17) is 32.2 Å². The van der Waals surface area contributed by atoms with Gasteiger partial charge in [0.15, 0.2) is 16.6 Å². The second-order valence-electron chi connectivity index (χ2n) is 5.68. The lowest BCUT2D eigenvalue weighted by molar-refractivity contribution is -0.115. The summed E-state index contributed by atoms with van der Waals surface area (Å²) in [6, 6.07) is 8.55. The van der Waals surface area contributed by atoms with Crippen LogP contribution >= 0.6 is 12.2 Å². The lowest BCUT2D eigenvalue weighted by atomic mass is 10.2. The van der Waals surface area contributed by atoms with Crippen LogP contribution in [-0.2, 0) is 4.79 Å². The van der Waals surface area contributed by atoms with Gasteiger partial charge in [0, 0.05) is 30.6 Å². The van der Waals surface area contributed by atoms with Crippen molar-refractivity contribution in [3.63, 3.8) is 0 Å². The van der Waals surface area contributed by atoms with E-state index >= 15 is 0 Å². The first kappa shape index (κ1) is 19.3. The average Bonchev–Trinajstić information content (AvgIpc) is 2.68. The Morgan fingerprint density at radius 2 is 1.79 bits per heavy atom. The van der Waals surface area contributed by atoms with Gasteiger partial charge in [-0.25, -0.2) is 4.98 Å². The van der Waals surface area contributed by atoms with Gasteiger partial charge in [0.1, 0.15) is 5.75 Å². The Hall–Kier alpha value is -3.46. The van der Waals surface area contributed by atoms with E-state index in [1.54, 1.807) is 50.7 Å². The van der Waals surface area contributed by atoms with Crippen LogP contribution in [0.4, 0.5) is 5.69 Å². The number of fused-ring (bicyclic) bond motifs is 1. The molecule has 0 fully saturated rings. The lowest BCUT2D eigenvalue weighted by Gasteiger charge is -2.18. The Morgan fingerprint density at radius 1 is 1.07 bits per heavy atom. The minimum atomic E-state index is -0.302. The minimum Gasteiger partial charge on any atom is -0.493 e. The monoisotopic (exact) mass is 398 g/mol. The maximum Gasteiger partial charge on any atom is 0.230 e. The van der Waals surface area contributed by atoms with Gasteiger partial charge < -0.3 is 19.9 Å². The summed E-state index contributed by atoms with van der Waals surface area (Å²) in [5, 5.41) is 0.684. The molecule has 0 atom stereocenters. The van der Waals surface area contributed by atoms with Gasteiger partial charge >= 0.3 is 0 Å². The molecule has 0 spiro atoms. The number of carbonyl (C=O) groups excluding carboxylic acids is 1. The van der Waals surface area contributed by atoms with Crippen molar-refractivity contribution in [3.8, 4) is 23.1 Å². The van der Waals surface area contributed by atoms with Crippen LogP contribution in [0.1, 0.15) is 6.92 Å². The van der Waals surface area contributed by atoms with Gasteiger partial charge in [0.25, 0.3) is 0 Å². The number of nitrogens with two attached hydrogens (primary N) is 1. The lowest BCUT2D eigenvalue weighted by Crippen LogP contribution is -2.39. The Kier molecular flexibility index (Phi) is 5.55. The van der Waals surface area contributed by atoms with Gasteiger partial charge in [-0.05, 0) is 30.4 Å². The Labute approximate surface area is 166 Å². The molecule has 0 saturated carbocycles. The summed E-state index contributed by atoms with van der Waals surface area (Å²) < 4.78 is 16.6. The maximum absolute atomic E-state index is 11.7. The molecule has 1 aromatic carbocycles. The highest BCUT2D eigenvalue weighted by molar-refractivity contribution is 7.80. The first-order chi connectivity index (χ1) is 13.4. The van der Waals surface area contributed by atoms with E-state index < -0.39 is 0 Å². The van der Waals surface area contributed by atoms with E-state index in [2.05, 4.69) is 9.97 Å². The van der Waals surface area contributed by atoms with Crippen LogP contribution in [0.5, 0.6) is 23.1 Å². The van der Waals surface area contributed by atoms with Crippen molar-refractivity contribution in [1.29, 1.82) is 0 Å². The van der Waals surface area contributed by atoms with Crippen LogP contribution in [0.15, 0.2) is 42.7 Å². The molecule has 2 aromatic heterocycles. The maximum atomic E-state index is 11.7. The van der Waals surface area contributed by atoms with Crippen LogP contribution in [0.2, 0.25) is 0 Å². The number of aromatic nitrogens is 2. The largest absolute Gasteiger partial charge is 0.493 e. The standard InChI is InChI=1S/C19H18N4O4S/c1-11(24)23(19(20)28)12-4-5-18(22-10-12)27-15-6-7-21-14-9-17(26-3)16(25-2)8-13(14)15/h4-10H,1-3H3,(H2,20,28). The van der Waals surface area contributed by atoms with Crippen molar-refractivity contribution in [1.82, 2.24) is 9.97 Å². The van der Waals surface area contributed by atoms with Crippen molar-refractivity contribution in [3.05, 3.63) is 42.7 Å². The van der Waals surface area contributed by atoms with Crippen molar-refractivity contribution < 1.29 is 19.0 Å². The summed E-state index contributed by atoms with van der Waals surface area (Å²) in [7, 11) is 3.12.